The highest BCUT2D eigenvalue weighted by molar-refractivity contribution is 4.47. The predicted octanol–water partition coefficient (Wildman–Crippen LogP) is 4.50. The van der Waals surface area contributed by atoms with Crippen LogP contribution in [0, 0.1) is 12.8 Å². The van der Waals surface area contributed by atoms with Crippen LogP contribution in [0.4, 0.5) is 0 Å². The van der Waals surface area contributed by atoms with Crippen molar-refractivity contribution in [3.63, 3.8) is 0 Å². The first-order valence-corrected chi connectivity index (χ1v) is 4.58. The molecule has 11 heavy (non-hydrogen) atoms. The SMILES string of the molecule is C#C.CCC.CCC.CCC. The average Bonchev–Trinajstić information content (AvgIpc) is 1.96. The summed E-state index contributed by atoms with van der Waals surface area (Å²) in [5, 5.41) is 0. The van der Waals surface area contributed by atoms with Crippen molar-refractivity contribution in [2.75, 3.05) is 0 Å². The average molecular weight is 158 g/mol. The minimum absolute atomic E-state index is 1.25. The van der Waals surface area contributed by atoms with Gasteiger partial charge >= 0.3 is 0 Å². The van der Waals surface area contributed by atoms with Crippen molar-refractivity contribution >= 4 is 0 Å². The van der Waals surface area contributed by atoms with Gasteiger partial charge in [-0.2, -0.15) is 0 Å². The van der Waals surface area contributed by atoms with Gasteiger partial charge in [0, 0.05) is 0 Å². The van der Waals surface area contributed by atoms with Crippen molar-refractivity contribution in [3.05, 3.63) is 0 Å². The molecule has 0 aromatic rings. The second-order valence-electron chi connectivity index (χ2n) is 2.12. The molecule has 0 spiro atoms. The lowest BCUT2D eigenvalue weighted by Crippen LogP contribution is -1.27. The van der Waals surface area contributed by atoms with Crippen molar-refractivity contribution in [1.82, 2.24) is 0 Å². The summed E-state index contributed by atoms with van der Waals surface area (Å²) in [4.78, 5) is 0. The van der Waals surface area contributed by atoms with Crippen molar-refractivity contribution in [2.45, 2.75) is 60.8 Å². The molecule has 0 heteroatoms. The highest BCUT2D eigenvalue weighted by atomic mass is 13.4. The minimum Gasteiger partial charge on any atom is -0.124 e. The largest absolute Gasteiger partial charge is 0.124 e. The second kappa shape index (κ2) is 107. The fraction of sp³-hybridized carbons (Fsp3) is 0.818. The Morgan fingerprint density at radius 3 is 0.545 bits per heavy atom. The Labute approximate surface area is 74.4 Å². The molecular weight excluding hydrogens is 132 g/mol. The van der Waals surface area contributed by atoms with Crippen LogP contribution < -0.4 is 0 Å². The van der Waals surface area contributed by atoms with Gasteiger partial charge in [0.05, 0.1) is 0 Å². The zero-order valence-corrected chi connectivity index (χ0v) is 9.28. The molecule has 0 amide bonds. The Bertz CT molecular complexity index is 21.5. The predicted molar refractivity (Wildman–Crippen MR) is 57.8 cm³/mol. The van der Waals surface area contributed by atoms with E-state index in [0.29, 0.717) is 0 Å². The fourth-order valence-corrected chi connectivity index (χ4v) is 0. The van der Waals surface area contributed by atoms with Gasteiger partial charge in [-0.05, 0) is 0 Å². The highest BCUT2D eigenvalue weighted by Gasteiger charge is 1.36. The van der Waals surface area contributed by atoms with Gasteiger partial charge < -0.3 is 0 Å². The van der Waals surface area contributed by atoms with E-state index in [1.54, 1.807) is 0 Å². The lowest BCUT2D eigenvalue weighted by atomic mass is 10.6. The first-order valence-electron chi connectivity index (χ1n) is 4.58. The van der Waals surface area contributed by atoms with E-state index in [1.807, 2.05) is 0 Å². The molecule has 0 atom stereocenters. The van der Waals surface area contributed by atoms with Gasteiger partial charge in [-0.3, -0.25) is 0 Å². The van der Waals surface area contributed by atoms with Gasteiger partial charge in [-0.1, -0.05) is 60.8 Å². The van der Waals surface area contributed by atoms with Crippen molar-refractivity contribution in [1.29, 1.82) is 0 Å². The summed E-state index contributed by atoms with van der Waals surface area (Å²) in [5.41, 5.74) is 0. The number of hydrogen-bond donors (Lipinski definition) is 0. The standard InChI is InChI=1S/3C3H8.C2H2/c3*1-3-2;1-2/h3*3H2,1-2H3;1-2H. The van der Waals surface area contributed by atoms with E-state index in [1.165, 1.54) is 19.3 Å². The molecule has 0 nitrogen and oxygen atoms in total. The summed E-state index contributed by atoms with van der Waals surface area (Å²) in [6.45, 7) is 12.8. The second-order valence-corrected chi connectivity index (χ2v) is 2.12. The van der Waals surface area contributed by atoms with E-state index in [9.17, 15) is 0 Å². The molecule has 0 aliphatic rings. The summed E-state index contributed by atoms with van der Waals surface area (Å²) >= 11 is 0. The van der Waals surface area contributed by atoms with Crippen LogP contribution in [0.25, 0.3) is 0 Å². The van der Waals surface area contributed by atoms with Crippen LogP contribution in [0.1, 0.15) is 60.8 Å². The van der Waals surface area contributed by atoms with Crippen LogP contribution in [-0.2, 0) is 0 Å². The minimum atomic E-state index is 1.25. The molecule has 0 aromatic carbocycles. The highest BCUT2D eigenvalue weighted by Crippen LogP contribution is 1.56. The third-order valence-corrected chi connectivity index (χ3v) is 0. The molecule has 0 aliphatic carbocycles. The topological polar surface area (TPSA) is 0 Å². The first kappa shape index (κ1) is 22.4. The Kier molecular flexibility index (Phi) is 218. The van der Waals surface area contributed by atoms with Gasteiger partial charge in [0.1, 0.15) is 0 Å². The van der Waals surface area contributed by atoms with E-state index in [-0.39, 0.29) is 0 Å². The van der Waals surface area contributed by atoms with E-state index < -0.39 is 0 Å². The van der Waals surface area contributed by atoms with Crippen LogP contribution in [-0.4, -0.2) is 0 Å². The van der Waals surface area contributed by atoms with Gasteiger partial charge in [0.25, 0.3) is 0 Å². The lowest BCUT2D eigenvalue weighted by Gasteiger charge is -1.48. The Morgan fingerprint density at radius 1 is 0.545 bits per heavy atom. The Morgan fingerprint density at radius 2 is 0.545 bits per heavy atom. The van der Waals surface area contributed by atoms with E-state index in [0.717, 1.165) is 0 Å². The molecule has 0 saturated heterocycles. The first-order chi connectivity index (χ1) is 5.24. The van der Waals surface area contributed by atoms with Crippen LogP contribution in [0.3, 0.4) is 0 Å². The van der Waals surface area contributed by atoms with E-state index in [4.69, 9.17) is 0 Å². The van der Waals surface area contributed by atoms with Crippen molar-refractivity contribution in [2.24, 2.45) is 0 Å². The van der Waals surface area contributed by atoms with Gasteiger partial charge in [-0.25, -0.2) is 0 Å². The molecule has 0 bridgehead atoms. The molecule has 0 aliphatic heterocycles. The number of hydrogen-bond acceptors (Lipinski definition) is 0. The van der Waals surface area contributed by atoms with Crippen LogP contribution in [0.2, 0.25) is 0 Å². The molecule has 70 valence electrons. The third-order valence-electron chi connectivity index (χ3n) is 0. The maximum atomic E-state index is 4.00. The van der Waals surface area contributed by atoms with Gasteiger partial charge in [-0.15, -0.1) is 12.8 Å². The van der Waals surface area contributed by atoms with Crippen LogP contribution in [0.15, 0.2) is 0 Å². The molecule has 0 N–H and O–H groups in total. The summed E-state index contributed by atoms with van der Waals surface area (Å²) in [5.74, 6) is 0. The third kappa shape index (κ3) is 2820. The number of rotatable bonds is 0. The van der Waals surface area contributed by atoms with Crippen molar-refractivity contribution < 1.29 is 0 Å². The molecule has 0 heterocycles. The molecule has 0 radical (unpaired) electrons. The summed E-state index contributed by atoms with van der Waals surface area (Å²) in [6, 6.07) is 0. The molecule has 0 rings (SSSR count). The lowest BCUT2D eigenvalue weighted by molar-refractivity contribution is 1.09. The Balaban J connectivity index is -0.0000000301. The fourth-order valence-electron chi connectivity index (χ4n) is 0. The maximum Gasteiger partial charge on any atom is -0.0590 e. The summed E-state index contributed by atoms with van der Waals surface area (Å²) in [6.07, 6.45) is 11.8. The van der Waals surface area contributed by atoms with Gasteiger partial charge in [0.15, 0.2) is 0 Å². The molecule has 0 fully saturated rings. The van der Waals surface area contributed by atoms with E-state index in [2.05, 4.69) is 54.4 Å². The molecule has 0 unspecified atom stereocenters. The Hall–Kier alpha value is -0.440. The summed E-state index contributed by atoms with van der Waals surface area (Å²) < 4.78 is 0. The zero-order chi connectivity index (χ0) is 10.1. The van der Waals surface area contributed by atoms with E-state index >= 15 is 0 Å². The quantitative estimate of drug-likeness (QED) is 0.455. The monoisotopic (exact) mass is 158 g/mol. The van der Waals surface area contributed by atoms with Gasteiger partial charge in [0.2, 0.25) is 0 Å². The van der Waals surface area contributed by atoms with Crippen LogP contribution >= 0.6 is 0 Å². The zero-order valence-electron chi connectivity index (χ0n) is 9.28. The maximum absolute atomic E-state index is 4.00. The normalized spacial score (nSPS) is 5.09. The molecular formula is C11H26. The van der Waals surface area contributed by atoms with Crippen molar-refractivity contribution in [3.8, 4) is 12.8 Å². The smallest absolute Gasteiger partial charge is 0.0590 e. The summed E-state index contributed by atoms with van der Waals surface area (Å²) in [7, 11) is 0. The molecule has 0 saturated carbocycles. The van der Waals surface area contributed by atoms with Crippen LogP contribution in [0.5, 0.6) is 0 Å². The number of terminal acetylenes is 1. The molecule has 0 aromatic heterocycles.